The Bertz CT molecular complexity index is 400. The Morgan fingerprint density at radius 1 is 1.33 bits per heavy atom. The van der Waals surface area contributed by atoms with E-state index in [1.165, 1.54) is 9.13 Å². The first kappa shape index (κ1) is 14.2. The van der Waals surface area contributed by atoms with E-state index in [9.17, 15) is 0 Å². The van der Waals surface area contributed by atoms with Gasteiger partial charge in [-0.15, -0.1) is 0 Å². The van der Waals surface area contributed by atoms with Crippen molar-refractivity contribution < 1.29 is 0 Å². The summed E-state index contributed by atoms with van der Waals surface area (Å²) in [6.07, 6.45) is 0. The van der Waals surface area contributed by atoms with E-state index in [-0.39, 0.29) is 5.54 Å². The number of hydrogen-bond acceptors (Lipinski definition) is 3. The highest BCUT2D eigenvalue weighted by Crippen LogP contribution is 2.28. The van der Waals surface area contributed by atoms with Gasteiger partial charge in [0.2, 0.25) is 0 Å². The average molecular weight is 359 g/mol. The summed E-state index contributed by atoms with van der Waals surface area (Å²) in [5, 5.41) is 3.60. The minimum absolute atomic E-state index is 0.178. The highest BCUT2D eigenvalue weighted by molar-refractivity contribution is 14.1. The van der Waals surface area contributed by atoms with E-state index in [2.05, 4.69) is 83.8 Å². The van der Waals surface area contributed by atoms with Gasteiger partial charge in [0.25, 0.3) is 0 Å². The zero-order valence-electron chi connectivity index (χ0n) is 11.3. The number of halogens is 1. The highest BCUT2D eigenvalue weighted by atomic mass is 127. The van der Waals surface area contributed by atoms with Gasteiger partial charge in [-0.1, -0.05) is 18.2 Å². The number of hydrazine groups is 1. The van der Waals surface area contributed by atoms with Crippen molar-refractivity contribution in [2.75, 3.05) is 13.1 Å². The van der Waals surface area contributed by atoms with E-state index in [1.54, 1.807) is 0 Å². The first-order chi connectivity index (χ1) is 8.47. The monoisotopic (exact) mass is 359 g/mol. The molecule has 3 nitrogen and oxygen atoms in total. The molecule has 0 spiro atoms. The minimum atomic E-state index is 0.178. The van der Waals surface area contributed by atoms with E-state index in [4.69, 9.17) is 0 Å². The first-order valence-corrected chi connectivity index (χ1v) is 7.53. The van der Waals surface area contributed by atoms with Crippen LogP contribution < -0.4 is 16.2 Å². The molecule has 1 aromatic carbocycles. The van der Waals surface area contributed by atoms with Crippen LogP contribution in [0.3, 0.4) is 0 Å². The molecule has 0 aromatic heterocycles. The summed E-state index contributed by atoms with van der Waals surface area (Å²) in [6, 6.07) is 9.00. The largest absolute Gasteiger partial charge is 0.312 e. The lowest BCUT2D eigenvalue weighted by Crippen LogP contribution is -2.40. The SMILES string of the molecule is CC(C)(C)NCC1CNNC1c1ccccc1I. The molecular weight excluding hydrogens is 337 g/mol. The molecule has 4 heteroatoms. The molecule has 0 saturated carbocycles. The molecule has 100 valence electrons. The molecule has 1 saturated heterocycles. The van der Waals surface area contributed by atoms with Crippen LogP contribution in [0, 0.1) is 9.49 Å². The van der Waals surface area contributed by atoms with Crippen LogP contribution in [0.1, 0.15) is 32.4 Å². The zero-order valence-corrected chi connectivity index (χ0v) is 13.4. The Morgan fingerprint density at radius 2 is 2.06 bits per heavy atom. The van der Waals surface area contributed by atoms with E-state index in [0.29, 0.717) is 12.0 Å². The standard InChI is InChI=1S/C14H22IN3/c1-14(2,3)16-8-10-9-17-18-13(10)11-6-4-5-7-12(11)15/h4-7,10,13,16-18H,8-9H2,1-3H3. The van der Waals surface area contributed by atoms with Crippen LogP contribution >= 0.6 is 22.6 Å². The topological polar surface area (TPSA) is 36.1 Å². The Kier molecular flexibility index (Phi) is 4.64. The maximum absolute atomic E-state index is 3.60. The number of hydrogen-bond donors (Lipinski definition) is 3. The van der Waals surface area contributed by atoms with Gasteiger partial charge in [-0.25, -0.2) is 5.43 Å². The predicted molar refractivity (Wildman–Crippen MR) is 84.3 cm³/mol. The lowest BCUT2D eigenvalue weighted by atomic mass is 9.94. The Hall–Kier alpha value is -0.170. The third-order valence-corrected chi connectivity index (χ3v) is 4.21. The molecule has 3 N–H and O–H groups in total. The maximum atomic E-state index is 3.60. The molecular formula is C14H22IN3. The number of nitrogens with one attached hydrogen (secondary N) is 3. The van der Waals surface area contributed by atoms with Crippen molar-refractivity contribution in [2.24, 2.45) is 5.92 Å². The smallest absolute Gasteiger partial charge is 0.0525 e. The quantitative estimate of drug-likeness (QED) is 0.726. The van der Waals surface area contributed by atoms with Crippen LogP contribution in [0.15, 0.2) is 24.3 Å². The molecule has 0 aliphatic carbocycles. The molecule has 1 aliphatic heterocycles. The van der Waals surface area contributed by atoms with Gasteiger partial charge in [-0.2, -0.15) is 0 Å². The van der Waals surface area contributed by atoms with Crippen molar-refractivity contribution in [3.8, 4) is 0 Å². The minimum Gasteiger partial charge on any atom is -0.312 e. The van der Waals surface area contributed by atoms with Gasteiger partial charge in [-0.05, 0) is 55.0 Å². The van der Waals surface area contributed by atoms with Crippen LogP contribution in [-0.2, 0) is 0 Å². The van der Waals surface area contributed by atoms with E-state index in [0.717, 1.165) is 13.1 Å². The summed E-state index contributed by atoms with van der Waals surface area (Å²) in [5.41, 5.74) is 8.27. The van der Waals surface area contributed by atoms with Crippen molar-refractivity contribution in [1.29, 1.82) is 0 Å². The normalized spacial score (nSPS) is 24.4. The van der Waals surface area contributed by atoms with Gasteiger partial charge in [-0.3, -0.25) is 5.43 Å². The second-order valence-corrected chi connectivity index (χ2v) is 7.08. The van der Waals surface area contributed by atoms with Crippen LogP contribution in [0.5, 0.6) is 0 Å². The molecule has 18 heavy (non-hydrogen) atoms. The molecule has 0 radical (unpaired) electrons. The fourth-order valence-corrected chi connectivity index (χ4v) is 2.94. The molecule has 0 amide bonds. The Balaban J connectivity index is 2.06. The zero-order chi connectivity index (χ0) is 13.2. The average Bonchev–Trinajstić information content (AvgIpc) is 2.74. The van der Waals surface area contributed by atoms with Crippen molar-refractivity contribution in [3.05, 3.63) is 33.4 Å². The van der Waals surface area contributed by atoms with E-state index >= 15 is 0 Å². The van der Waals surface area contributed by atoms with Crippen LogP contribution in [0.25, 0.3) is 0 Å². The fourth-order valence-electron chi connectivity index (χ4n) is 2.22. The number of benzene rings is 1. The van der Waals surface area contributed by atoms with Crippen molar-refractivity contribution in [1.82, 2.24) is 16.2 Å². The Morgan fingerprint density at radius 3 is 2.72 bits per heavy atom. The van der Waals surface area contributed by atoms with Gasteiger partial charge in [0.05, 0.1) is 6.04 Å². The van der Waals surface area contributed by atoms with E-state index in [1.807, 2.05) is 0 Å². The highest BCUT2D eigenvalue weighted by Gasteiger charge is 2.29. The summed E-state index contributed by atoms with van der Waals surface area (Å²) in [5.74, 6) is 0.583. The lowest BCUT2D eigenvalue weighted by Gasteiger charge is -2.26. The summed E-state index contributed by atoms with van der Waals surface area (Å²) in [4.78, 5) is 0. The van der Waals surface area contributed by atoms with Gasteiger partial charge >= 0.3 is 0 Å². The summed E-state index contributed by atoms with van der Waals surface area (Å²) < 4.78 is 1.33. The van der Waals surface area contributed by atoms with Gasteiger partial charge in [0, 0.05) is 28.1 Å². The second kappa shape index (κ2) is 5.86. The lowest BCUT2D eigenvalue weighted by molar-refractivity contribution is 0.359. The fraction of sp³-hybridized carbons (Fsp3) is 0.571. The third-order valence-electron chi connectivity index (χ3n) is 3.23. The van der Waals surface area contributed by atoms with Crippen LogP contribution in [-0.4, -0.2) is 18.6 Å². The van der Waals surface area contributed by atoms with Crippen molar-refractivity contribution in [2.45, 2.75) is 32.4 Å². The van der Waals surface area contributed by atoms with Gasteiger partial charge < -0.3 is 5.32 Å². The number of rotatable bonds is 3. The van der Waals surface area contributed by atoms with Crippen molar-refractivity contribution >= 4 is 22.6 Å². The second-order valence-electron chi connectivity index (χ2n) is 5.92. The van der Waals surface area contributed by atoms with E-state index < -0.39 is 0 Å². The van der Waals surface area contributed by atoms with Gasteiger partial charge in [0.1, 0.15) is 0 Å². The molecule has 0 bridgehead atoms. The molecule has 1 aromatic rings. The molecule has 2 unspecified atom stereocenters. The molecule has 1 aliphatic rings. The molecule has 2 rings (SSSR count). The predicted octanol–water partition coefficient (Wildman–Crippen LogP) is 2.44. The molecule has 1 heterocycles. The molecule has 2 atom stereocenters. The summed E-state index contributed by atoms with van der Waals surface area (Å²) in [7, 11) is 0. The van der Waals surface area contributed by atoms with Crippen molar-refractivity contribution in [3.63, 3.8) is 0 Å². The summed E-state index contributed by atoms with van der Waals surface area (Å²) >= 11 is 2.42. The van der Waals surface area contributed by atoms with Crippen LogP contribution in [0.2, 0.25) is 0 Å². The maximum Gasteiger partial charge on any atom is 0.0525 e. The Labute approximate surface area is 123 Å². The summed E-state index contributed by atoms with van der Waals surface area (Å²) in [6.45, 7) is 8.68. The third kappa shape index (κ3) is 3.66. The van der Waals surface area contributed by atoms with Crippen LogP contribution in [0.4, 0.5) is 0 Å². The molecule has 1 fully saturated rings. The van der Waals surface area contributed by atoms with Gasteiger partial charge in [0.15, 0.2) is 0 Å². The first-order valence-electron chi connectivity index (χ1n) is 6.45.